The number of rotatable bonds is 8. The standard InChI is InChI=1S/C30H31N5O2/c36-30(33-26-7-3-22(4-8-26)19-34-13-15-37-16-14-34)10-6-25-18-31-12-11-27(25)24-5-9-28-29(17-24)35(21-32-28)20-23-1-2-23/h3-12,17-18,21,23H,1-2,13-16,19-20H2,(H,33,36). The van der Waals surface area contributed by atoms with Gasteiger partial charge in [-0.3, -0.25) is 14.7 Å². The predicted octanol–water partition coefficient (Wildman–Crippen LogP) is 4.99. The molecule has 2 aromatic heterocycles. The molecule has 1 amide bonds. The van der Waals surface area contributed by atoms with Gasteiger partial charge >= 0.3 is 0 Å². The van der Waals surface area contributed by atoms with Crippen LogP contribution in [0.3, 0.4) is 0 Å². The lowest BCUT2D eigenvalue weighted by Crippen LogP contribution is -2.35. The van der Waals surface area contributed by atoms with Crippen molar-refractivity contribution in [2.24, 2.45) is 5.92 Å². The van der Waals surface area contributed by atoms with E-state index in [1.807, 2.05) is 30.6 Å². The minimum atomic E-state index is -0.173. The van der Waals surface area contributed by atoms with E-state index in [1.165, 1.54) is 18.4 Å². The molecule has 1 N–H and O–H groups in total. The number of morpholine rings is 1. The van der Waals surface area contributed by atoms with Gasteiger partial charge in [-0.2, -0.15) is 0 Å². The van der Waals surface area contributed by atoms with Crippen LogP contribution in [0.15, 0.2) is 73.3 Å². The first-order chi connectivity index (χ1) is 18.2. The van der Waals surface area contributed by atoms with Crippen molar-refractivity contribution in [1.82, 2.24) is 19.4 Å². The van der Waals surface area contributed by atoms with Crippen molar-refractivity contribution in [3.63, 3.8) is 0 Å². The lowest BCUT2D eigenvalue weighted by Gasteiger charge is -2.26. The zero-order valence-corrected chi connectivity index (χ0v) is 20.8. The van der Waals surface area contributed by atoms with Crippen LogP contribution in [-0.4, -0.2) is 51.6 Å². The van der Waals surface area contributed by atoms with Gasteiger partial charge in [-0.25, -0.2) is 4.98 Å². The number of benzene rings is 2. The third-order valence-electron chi connectivity index (χ3n) is 7.08. The van der Waals surface area contributed by atoms with Crippen molar-refractivity contribution in [2.45, 2.75) is 25.9 Å². The second-order valence-corrected chi connectivity index (χ2v) is 9.91. The van der Waals surface area contributed by atoms with Crippen LogP contribution in [-0.2, 0) is 22.6 Å². The fourth-order valence-electron chi connectivity index (χ4n) is 4.81. The van der Waals surface area contributed by atoms with Crippen molar-refractivity contribution in [3.05, 3.63) is 84.5 Å². The van der Waals surface area contributed by atoms with Crippen LogP contribution in [0.25, 0.3) is 28.2 Å². The molecule has 7 nitrogen and oxygen atoms in total. The predicted molar refractivity (Wildman–Crippen MR) is 146 cm³/mol. The Morgan fingerprint density at radius 1 is 1.08 bits per heavy atom. The monoisotopic (exact) mass is 493 g/mol. The average molecular weight is 494 g/mol. The summed E-state index contributed by atoms with van der Waals surface area (Å²) in [6.07, 6.45) is 11.5. The largest absolute Gasteiger partial charge is 0.379 e. The number of pyridine rings is 1. The van der Waals surface area contributed by atoms with E-state index in [4.69, 9.17) is 4.74 Å². The van der Waals surface area contributed by atoms with Crippen molar-refractivity contribution in [2.75, 3.05) is 31.6 Å². The molecule has 4 aromatic rings. The van der Waals surface area contributed by atoms with E-state index in [0.717, 1.165) is 78.7 Å². The van der Waals surface area contributed by atoms with Gasteiger partial charge in [-0.15, -0.1) is 0 Å². The number of hydrogen-bond acceptors (Lipinski definition) is 5. The average Bonchev–Trinajstić information content (AvgIpc) is 3.67. The van der Waals surface area contributed by atoms with Crippen LogP contribution >= 0.6 is 0 Å². The molecule has 37 heavy (non-hydrogen) atoms. The number of anilines is 1. The van der Waals surface area contributed by atoms with Crippen LogP contribution in [0, 0.1) is 5.92 Å². The minimum Gasteiger partial charge on any atom is -0.379 e. The summed E-state index contributed by atoms with van der Waals surface area (Å²) in [6.45, 7) is 5.42. The number of imidazole rings is 1. The third-order valence-corrected chi connectivity index (χ3v) is 7.08. The second-order valence-electron chi connectivity index (χ2n) is 9.91. The first kappa shape index (κ1) is 23.6. The van der Waals surface area contributed by atoms with E-state index in [2.05, 4.69) is 55.1 Å². The molecule has 2 aliphatic rings. The van der Waals surface area contributed by atoms with Crippen LogP contribution in [0.1, 0.15) is 24.0 Å². The molecule has 0 spiro atoms. The SMILES string of the molecule is O=C(C=Cc1cnccc1-c1ccc2ncn(CC3CC3)c2c1)Nc1ccc(CN2CCOCC2)cc1. The molecule has 0 atom stereocenters. The zero-order chi connectivity index (χ0) is 25.0. The van der Waals surface area contributed by atoms with Crippen LogP contribution in [0.4, 0.5) is 5.69 Å². The van der Waals surface area contributed by atoms with Gasteiger partial charge in [-0.05, 0) is 71.9 Å². The molecule has 7 heteroatoms. The summed E-state index contributed by atoms with van der Waals surface area (Å²) in [5.74, 6) is 0.605. The van der Waals surface area contributed by atoms with Gasteiger partial charge in [0.15, 0.2) is 0 Å². The number of aromatic nitrogens is 3. The Bertz CT molecular complexity index is 1420. The van der Waals surface area contributed by atoms with Gasteiger partial charge < -0.3 is 14.6 Å². The van der Waals surface area contributed by atoms with Gasteiger partial charge in [0.2, 0.25) is 5.91 Å². The third kappa shape index (κ3) is 5.79. The summed E-state index contributed by atoms with van der Waals surface area (Å²) in [7, 11) is 0. The van der Waals surface area contributed by atoms with Gasteiger partial charge in [-0.1, -0.05) is 18.2 Å². The Morgan fingerprint density at radius 3 is 2.73 bits per heavy atom. The van der Waals surface area contributed by atoms with Gasteiger partial charge in [0.25, 0.3) is 0 Å². The quantitative estimate of drug-likeness (QED) is 0.350. The number of amides is 1. The van der Waals surface area contributed by atoms with Gasteiger partial charge in [0.05, 0.1) is 30.6 Å². The van der Waals surface area contributed by atoms with Crippen molar-refractivity contribution in [3.8, 4) is 11.1 Å². The van der Waals surface area contributed by atoms with E-state index in [0.29, 0.717) is 0 Å². The van der Waals surface area contributed by atoms with Crippen LogP contribution < -0.4 is 5.32 Å². The topological polar surface area (TPSA) is 72.3 Å². The summed E-state index contributed by atoms with van der Waals surface area (Å²) in [6, 6.07) is 16.4. The Morgan fingerprint density at radius 2 is 1.92 bits per heavy atom. The molecule has 1 aliphatic heterocycles. The van der Waals surface area contributed by atoms with E-state index in [-0.39, 0.29) is 5.91 Å². The molecule has 0 radical (unpaired) electrons. The smallest absolute Gasteiger partial charge is 0.248 e. The Balaban J connectivity index is 1.14. The maximum absolute atomic E-state index is 12.7. The number of nitrogens with zero attached hydrogens (tertiary/aromatic N) is 4. The highest BCUT2D eigenvalue weighted by Gasteiger charge is 2.22. The lowest BCUT2D eigenvalue weighted by atomic mass is 10.0. The fourth-order valence-corrected chi connectivity index (χ4v) is 4.81. The molecular formula is C30H31N5O2. The summed E-state index contributed by atoms with van der Waals surface area (Å²) in [5, 5.41) is 2.96. The zero-order valence-electron chi connectivity index (χ0n) is 20.8. The Hall–Kier alpha value is -3.81. The maximum Gasteiger partial charge on any atom is 0.248 e. The molecule has 1 aliphatic carbocycles. The normalized spacial score (nSPS) is 16.4. The van der Waals surface area contributed by atoms with Gasteiger partial charge in [0.1, 0.15) is 0 Å². The molecule has 1 saturated carbocycles. The van der Waals surface area contributed by atoms with E-state index in [1.54, 1.807) is 18.5 Å². The molecule has 0 unspecified atom stereocenters. The first-order valence-corrected chi connectivity index (χ1v) is 13.0. The number of carbonyl (C=O) groups is 1. The first-order valence-electron chi connectivity index (χ1n) is 13.0. The molecule has 2 aromatic carbocycles. The highest BCUT2D eigenvalue weighted by atomic mass is 16.5. The highest BCUT2D eigenvalue weighted by Crippen LogP contribution is 2.33. The molecule has 0 bridgehead atoms. The number of nitrogens with one attached hydrogen (secondary N) is 1. The molecule has 6 rings (SSSR count). The van der Waals surface area contributed by atoms with E-state index >= 15 is 0 Å². The molecule has 2 fully saturated rings. The number of carbonyl (C=O) groups excluding carboxylic acids is 1. The van der Waals surface area contributed by atoms with Crippen molar-refractivity contribution < 1.29 is 9.53 Å². The number of ether oxygens (including phenoxy) is 1. The van der Waals surface area contributed by atoms with Crippen LogP contribution in [0.2, 0.25) is 0 Å². The highest BCUT2D eigenvalue weighted by molar-refractivity contribution is 6.02. The summed E-state index contributed by atoms with van der Waals surface area (Å²) in [5.41, 5.74) is 7.17. The molecular weight excluding hydrogens is 462 g/mol. The van der Waals surface area contributed by atoms with Crippen LogP contribution in [0.5, 0.6) is 0 Å². The second kappa shape index (κ2) is 10.7. The Kier molecular flexibility index (Phi) is 6.80. The molecule has 1 saturated heterocycles. The number of hydrogen-bond donors (Lipinski definition) is 1. The van der Waals surface area contributed by atoms with Crippen molar-refractivity contribution >= 4 is 28.7 Å². The van der Waals surface area contributed by atoms with Gasteiger partial charge in [0, 0.05) is 55.9 Å². The minimum absolute atomic E-state index is 0.173. The van der Waals surface area contributed by atoms with E-state index < -0.39 is 0 Å². The van der Waals surface area contributed by atoms with Crippen molar-refractivity contribution in [1.29, 1.82) is 0 Å². The maximum atomic E-state index is 12.7. The molecule has 188 valence electrons. The summed E-state index contributed by atoms with van der Waals surface area (Å²) in [4.78, 5) is 23.9. The Labute approximate surface area is 216 Å². The summed E-state index contributed by atoms with van der Waals surface area (Å²) < 4.78 is 7.67. The number of fused-ring (bicyclic) bond motifs is 1. The summed E-state index contributed by atoms with van der Waals surface area (Å²) >= 11 is 0. The lowest BCUT2D eigenvalue weighted by molar-refractivity contribution is -0.111. The molecule has 3 heterocycles. The fraction of sp³-hybridized carbons (Fsp3) is 0.300. The van der Waals surface area contributed by atoms with E-state index in [9.17, 15) is 4.79 Å².